The summed E-state index contributed by atoms with van der Waals surface area (Å²) >= 11 is 1.26. The molecule has 0 amide bonds. The van der Waals surface area contributed by atoms with Gasteiger partial charge in [0.25, 0.3) is 5.22 Å². The van der Waals surface area contributed by atoms with Crippen LogP contribution in [0.15, 0.2) is 33.9 Å². The minimum atomic E-state index is -0.194. The largest absolute Gasteiger partial charge is 0.411 e. The second kappa shape index (κ2) is 5.02. The Morgan fingerprint density at radius 3 is 2.82 bits per heavy atom. The van der Waals surface area contributed by atoms with Crippen molar-refractivity contribution in [3.05, 3.63) is 29.8 Å². The number of nitriles is 1. The van der Waals surface area contributed by atoms with Gasteiger partial charge in [0.2, 0.25) is 5.89 Å². The summed E-state index contributed by atoms with van der Waals surface area (Å²) in [6.07, 6.45) is 0. The van der Waals surface area contributed by atoms with Crippen LogP contribution in [0.3, 0.4) is 0 Å². The van der Waals surface area contributed by atoms with Crippen molar-refractivity contribution in [1.29, 1.82) is 5.26 Å². The highest BCUT2D eigenvalue weighted by atomic mass is 32.2. The smallest absolute Gasteiger partial charge is 0.278 e. The Bertz CT molecular complexity index is 559. The number of benzene rings is 1. The van der Waals surface area contributed by atoms with Crippen molar-refractivity contribution >= 4 is 11.8 Å². The summed E-state index contributed by atoms with van der Waals surface area (Å²) in [5.41, 5.74) is 2.01. The lowest BCUT2D eigenvalue weighted by Gasteiger charge is -1.98. The van der Waals surface area contributed by atoms with Gasteiger partial charge in [-0.1, -0.05) is 18.2 Å². The molecule has 0 saturated carbocycles. The lowest BCUT2D eigenvalue weighted by Crippen LogP contribution is -1.88. The van der Waals surface area contributed by atoms with Crippen LogP contribution in [-0.4, -0.2) is 15.4 Å². The van der Waals surface area contributed by atoms with Crippen LogP contribution in [0.4, 0.5) is 0 Å². The summed E-state index contributed by atoms with van der Waals surface area (Å²) in [5.74, 6) is 0.496. The Morgan fingerprint density at radius 1 is 1.35 bits per heavy atom. The van der Waals surface area contributed by atoms with Gasteiger partial charge in [0.05, 0.1) is 11.3 Å². The quantitative estimate of drug-likeness (QED) is 0.778. The molecule has 0 aliphatic carbocycles. The monoisotopic (exact) mass is 245 g/mol. The van der Waals surface area contributed by atoms with Crippen LogP contribution in [0.2, 0.25) is 0 Å². The standard InChI is InChI=1S/C12H11N3OS/c1-8-5-3-4-6-10(8)11-14-15-12(16-11)17-9(2)7-13/h3-6,9H,1-2H3. The van der Waals surface area contributed by atoms with Crippen LogP contribution in [0.25, 0.3) is 11.5 Å². The molecule has 1 aromatic carbocycles. The van der Waals surface area contributed by atoms with Gasteiger partial charge in [0, 0.05) is 5.56 Å². The predicted octanol–water partition coefficient (Wildman–Crippen LogP) is 3.05. The summed E-state index contributed by atoms with van der Waals surface area (Å²) in [7, 11) is 0. The molecule has 0 spiro atoms. The van der Waals surface area contributed by atoms with E-state index >= 15 is 0 Å². The molecule has 0 radical (unpaired) electrons. The van der Waals surface area contributed by atoms with Crippen molar-refractivity contribution in [2.24, 2.45) is 0 Å². The van der Waals surface area contributed by atoms with Crippen LogP contribution in [-0.2, 0) is 0 Å². The molecule has 1 heterocycles. The van der Waals surface area contributed by atoms with E-state index in [0.29, 0.717) is 11.1 Å². The summed E-state index contributed by atoms with van der Waals surface area (Å²) in [6.45, 7) is 3.78. The maximum Gasteiger partial charge on any atom is 0.278 e. The fourth-order valence-corrected chi connectivity index (χ4v) is 1.93. The van der Waals surface area contributed by atoms with E-state index in [1.165, 1.54) is 11.8 Å². The fourth-order valence-electron chi connectivity index (χ4n) is 1.36. The van der Waals surface area contributed by atoms with Crippen molar-refractivity contribution in [2.45, 2.75) is 24.3 Å². The molecule has 0 bridgehead atoms. The van der Waals surface area contributed by atoms with Gasteiger partial charge in [0.15, 0.2) is 0 Å². The molecular weight excluding hydrogens is 234 g/mol. The number of nitrogens with zero attached hydrogens (tertiary/aromatic N) is 3. The van der Waals surface area contributed by atoms with E-state index in [-0.39, 0.29) is 5.25 Å². The van der Waals surface area contributed by atoms with Gasteiger partial charge in [-0.05, 0) is 37.2 Å². The molecule has 4 nitrogen and oxygen atoms in total. The highest BCUT2D eigenvalue weighted by Gasteiger charge is 2.13. The molecule has 0 aliphatic rings. The molecule has 17 heavy (non-hydrogen) atoms. The second-order valence-corrected chi connectivity index (χ2v) is 4.87. The van der Waals surface area contributed by atoms with Crippen molar-refractivity contribution in [3.63, 3.8) is 0 Å². The molecule has 1 aromatic heterocycles. The number of hydrogen-bond donors (Lipinski definition) is 0. The van der Waals surface area contributed by atoms with Gasteiger partial charge >= 0.3 is 0 Å². The maximum atomic E-state index is 8.70. The highest BCUT2D eigenvalue weighted by Crippen LogP contribution is 2.27. The average molecular weight is 245 g/mol. The molecule has 1 unspecified atom stereocenters. The normalized spacial score (nSPS) is 12.1. The highest BCUT2D eigenvalue weighted by molar-refractivity contribution is 7.99. The lowest BCUT2D eigenvalue weighted by atomic mass is 10.1. The van der Waals surface area contributed by atoms with Crippen LogP contribution < -0.4 is 0 Å². The SMILES string of the molecule is Cc1ccccc1-c1nnc(SC(C)C#N)o1. The Kier molecular flexibility index (Phi) is 3.45. The van der Waals surface area contributed by atoms with Crippen LogP contribution in [0.1, 0.15) is 12.5 Å². The molecular formula is C12H11N3OS. The van der Waals surface area contributed by atoms with Gasteiger partial charge in [-0.15, -0.1) is 10.2 Å². The van der Waals surface area contributed by atoms with Crippen molar-refractivity contribution < 1.29 is 4.42 Å². The second-order valence-electron chi connectivity index (χ2n) is 3.58. The summed E-state index contributed by atoms with van der Waals surface area (Å²) in [6, 6.07) is 9.92. The Hall–Kier alpha value is -1.80. The molecule has 86 valence electrons. The number of aromatic nitrogens is 2. The molecule has 0 aliphatic heterocycles. The summed E-state index contributed by atoms with van der Waals surface area (Å²) < 4.78 is 5.51. The minimum absolute atomic E-state index is 0.194. The lowest BCUT2D eigenvalue weighted by molar-refractivity contribution is 0.465. The Labute approximate surface area is 104 Å². The van der Waals surface area contributed by atoms with Crippen LogP contribution in [0, 0.1) is 18.3 Å². The van der Waals surface area contributed by atoms with Gasteiger partial charge in [-0.2, -0.15) is 5.26 Å². The van der Waals surface area contributed by atoms with E-state index in [0.717, 1.165) is 11.1 Å². The van der Waals surface area contributed by atoms with Gasteiger partial charge in [0.1, 0.15) is 0 Å². The Balaban J connectivity index is 2.25. The first kappa shape index (κ1) is 11.7. The zero-order valence-electron chi connectivity index (χ0n) is 9.54. The van der Waals surface area contributed by atoms with E-state index in [2.05, 4.69) is 16.3 Å². The Morgan fingerprint density at radius 2 is 2.12 bits per heavy atom. The third kappa shape index (κ3) is 2.66. The third-order valence-electron chi connectivity index (χ3n) is 2.24. The van der Waals surface area contributed by atoms with Crippen LogP contribution in [0.5, 0.6) is 0 Å². The molecule has 5 heteroatoms. The first-order valence-electron chi connectivity index (χ1n) is 5.16. The molecule has 0 N–H and O–H groups in total. The van der Waals surface area contributed by atoms with Crippen molar-refractivity contribution in [2.75, 3.05) is 0 Å². The maximum absolute atomic E-state index is 8.70. The topological polar surface area (TPSA) is 62.7 Å². The van der Waals surface area contributed by atoms with Crippen molar-refractivity contribution in [1.82, 2.24) is 10.2 Å². The van der Waals surface area contributed by atoms with E-state index < -0.39 is 0 Å². The van der Waals surface area contributed by atoms with E-state index in [1.54, 1.807) is 6.92 Å². The number of thioether (sulfide) groups is 1. The zero-order valence-corrected chi connectivity index (χ0v) is 10.4. The zero-order chi connectivity index (χ0) is 12.3. The summed E-state index contributed by atoms with van der Waals surface area (Å²) in [5, 5.41) is 16.8. The molecule has 2 aromatic rings. The minimum Gasteiger partial charge on any atom is -0.411 e. The number of aryl methyl sites for hydroxylation is 1. The van der Waals surface area contributed by atoms with Crippen LogP contribution >= 0.6 is 11.8 Å². The van der Waals surface area contributed by atoms with E-state index in [9.17, 15) is 0 Å². The predicted molar refractivity (Wildman–Crippen MR) is 65.4 cm³/mol. The molecule has 2 rings (SSSR count). The number of hydrogen-bond acceptors (Lipinski definition) is 5. The van der Waals surface area contributed by atoms with Gasteiger partial charge in [-0.25, -0.2) is 0 Å². The molecule has 0 saturated heterocycles. The average Bonchev–Trinajstić information content (AvgIpc) is 2.78. The van der Waals surface area contributed by atoms with Gasteiger partial charge in [-0.3, -0.25) is 0 Å². The first-order chi connectivity index (χ1) is 8.20. The molecule has 0 fully saturated rings. The number of rotatable bonds is 3. The first-order valence-corrected chi connectivity index (χ1v) is 6.04. The van der Waals surface area contributed by atoms with E-state index in [4.69, 9.17) is 9.68 Å². The molecule has 1 atom stereocenters. The van der Waals surface area contributed by atoms with Crippen molar-refractivity contribution in [3.8, 4) is 17.5 Å². The van der Waals surface area contributed by atoms with Gasteiger partial charge < -0.3 is 4.42 Å². The fraction of sp³-hybridized carbons (Fsp3) is 0.250. The van der Waals surface area contributed by atoms with E-state index in [1.807, 2.05) is 31.2 Å². The third-order valence-corrected chi connectivity index (χ3v) is 3.07. The summed E-state index contributed by atoms with van der Waals surface area (Å²) in [4.78, 5) is 0.